The summed E-state index contributed by atoms with van der Waals surface area (Å²) >= 11 is 0. The first-order valence-corrected chi connectivity index (χ1v) is 7.62. The first kappa shape index (κ1) is 17.9. The molecule has 2 N–H and O–H groups in total. The van der Waals surface area contributed by atoms with Gasteiger partial charge in [-0.3, -0.25) is 9.59 Å². The smallest absolute Gasteiger partial charge is 0.264 e. The molecule has 1 atom stereocenters. The second kappa shape index (κ2) is 8.97. The lowest BCUT2D eigenvalue weighted by Gasteiger charge is -2.09. The number of hydrogen-bond acceptors (Lipinski definition) is 5. The molecule has 0 radical (unpaired) electrons. The predicted octanol–water partition coefficient (Wildman–Crippen LogP) is 0.588. The number of carbonyl (C=O) groups excluding carboxylic acids is 2. The topological polar surface area (TPSA) is 89.0 Å². The largest absolute Gasteiger partial charge is 0.383 e. The lowest BCUT2D eigenvalue weighted by atomic mass is 10.0. The van der Waals surface area contributed by atoms with E-state index in [1.165, 1.54) is 6.07 Å². The van der Waals surface area contributed by atoms with Crippen LogP contribution in [0, 0.1) is 5.82 Å². The number of nitrogens with zero attached hydrogens (tertiary/aromatic N) is 1. The molecule has 1 aliphatic rings. The van der Waals surface area contributed by atoms with Gasteiger partial charge < -0.3 is 20.2 Å². The van der Waals surface area contributed by atoms with E-state index < -0.39 is 11.9 Å². The molecule has 1 unspecified atom stereocenters. The van der Waals surface area contributed by atoms with E-state index in [9.17, 15) is 14.0 Å². The van der Waals surface area contributed by atoms with Crippen LogP contribution >= 0.6 is 0 Å². The zero-order chi connectivity index (χ0) is 17.4. The molecule has 0 bridgehead atoms. The summed E-state index contributed by atoms with van der Waals surface area (Å²) in [5.41, 5.74) is 0.718. The van der Waals surface area contributed by atoms with Crippen LogP contribution in [0.5, 0.6) is 0 Å². The summed E-state index contributed by atoms with van der Waals surface area (Å²) in [7, 11) is 1.55. The van der Waals surface area contributed by atoms with Crippen molar-refractivity contribution >= 4 is 17.5 Å². The van der Waals surface area contributed by atoms with Gasteiger partial charge in [-0.2, -0.15) is 0 Å². The minimum atomic E-state index is -0.809. The Labute approximate surface area is 139 Å². The lowest BCUT2D eigenvalue weighted by Crippen LogP contribution is -2.37. The first-order valence-electron chi connectivity index (χ1n) is 7.62. The van der Waals surface area contributed by atoms with Crippen molar-refractivity contribution in [2.24, 2.45) is 5.16 Å². The summed E-state index contributed by atoms with van der Waals surface area (Å²) < 4.78 is 18.5. The number of methoxy groups -OCH3 is 1. The Balaban J connectivity index is 1.72. The maximum Gasteiger partial charge on any atom is 0.264 e. The molecule has 0 aromatic heterocycles. The van der Waals surface area contributed by atoms with Gasteiger partial charge in [0.15, 0.2) is 0 Å². The monoisotopic (exact) mass is 337 g/mol. The van der Waals surface area contributed by atoms with E-state index in [4.69, 9.17) is 9.57 Å². The first-order chi connectivity index (χ1) is 11.6. The van der Waals surface area contributed by atoms with Crippen molar-refractivity contribution in [2.45, 2.75) is 18.9 Å². The molecule has 2 amide bonds. The molecule has 0 aliphatic carbocycles. The number of hydrogen-bond donors (Lipinski definition) is 2. The minimum Gasteiger partial charge on any atom is -0.383 e. The SMILES string of the molecule is COCCNC(=O)CCNC(=O)C1CC(c2ccccc2F)=NO1. The summed E-state index contributed by atoms with van der Waals surface area (Å²) in [6, 6.07) is 6.18. The second-order valence-electron chi connectivity index (χ2n) is 5.20. The molecule has 8 heteroatoms. The predicted molar refractivity (Wildman–Crippen MR) is 84.9 cm³/mol. The Bertz CT molecular complexity index is 621. The van der Waals surface area contributed by atoms with E-state index in [0.29, 0.717) is 24.4 Å². The van der Waals surface area contributed by atoms with E-state index in [1.54, 1.807) is 25.3 Å². The average Bonchev–Trinajstić information content (AvgIpc) is 3.05. The molecule has 1 aromatic rings. The summed E-state index contributed by atoms with van der Waals surface area (Å²) in [6.45, 7) is 1.05. The maximum atomic E-state index is 13.7. The summed E-state index contributed by atoms with van der Waals surface area (Å²) in [5.74, 6) is -0.966. The van der Waals surface area contributed by atoms with E-state index in [0.717, 1.165) is 0 Å². The van der Waals surface area contributed by atoms with Gasteiger partial charge in [-0.15, -0.1) is 0 Å². The normalized spacial score (nSPS) is 16.2. The van der Waals surface area contributed by atoms with Crippen LogP contribution in [0.1, 0.15) is 18.4 Å². The summed E-state index contributed by atoms with van der Waals surface area (Å²) in [4.78, 5) is 28.5. The number of rotatable bonds is 8. The molecule has 130 valence electrons. The molecule has 0 saturated carbocycles. The van der Waals surface area contributed by atoms with Gasteiger partial charge in [-0.05, 0) is 6.07 Å². The Hall–Kier alpha value is -2.48. The average molecular weight is 337 g/mol. The molecule has 0 fully saturated rings. The molecule has 24 heavy (non-hydrogen) atoms. The van der Waals surface area contributed by atoms with Crippen molar-refractivity contribution in [3.63, 3.8) is 0 Å². The van der Waals surface area contributed by atoms with Gasteiger partial charge in [0, 0.05) is 38.6 Å². The van der Waals surface area contributed by atoms with Crippen molar-refractivity contribution in [1.82, 2.24) is 10.6 Å². The number of oxime groups is 1. The van der Waals surface area contributed by atoms with Crippen molar-refractivity contribution in [3.05, 3.63) is 35.6 Å². The number of carbonyl (C=O) groups is 2. The quantitative estimate of drug-likeness (QED) is 0.680. The van der Waals surface area contributed by atoms with Crippen LogP contribution in [0.4, 0.5) is 4.39 Å². The van der Waals surface area contributed by atoms with Crippen LogP contribution < -0.4 is 10.6 Å². The second-order valence-corrected chi connectivity index (χ2v) is 5.20. The van der Waals surface area contributed by atoms with Crippen LogP contribution in [0.2, 0.25) is 0 Å². The number of halogens is 1. The van der Waals surface area contributed by atoms with Crippen molar-refractivity contribution in [3.8, 4) is 0 Å². The van der Waals surface area contributed by atoms with Gasteiger partial charge in [-0.1, -0.05) is 23.4 Å². The summed E-state index contributed by atoms with van der Waals surface area (Å²) in [5, 5.41) is 9.05. The van der Waals surface area contributed by atoms with E-state index in [1.807, 2.05) is 0 Å². The zero-order valence-electron chi connectivity index (χ0n) is 13.4. The molecule has 0 spiro atoms. The van der Waals surface area contributed by atoms with Crippen molar-refractivity contribution in [1.29, 1.82) is 0 Å². The van der Waals surface area contributed by atoms with Gasteiger partial charge in [0.25, 0.3) is 5.91 Å². The van der Waals surface area contributed by atoms with Gasteiger partial charge in [0.2, 0.25) is 12.0 Å². The molecule has 1 aromatic carbocycles. The molecule has 1 heterocycles. The van der Waals surface area contributed by atoms with Gasteiger partial charge in [-0.25, -0.2) is 4.39 Å². The highest BCUT2D eigenvalue weighted by molar-refractivity contribution is 6.04. The standard InChI is InChI=1S/C16H20FN3O4/c1-23-9-8-18-15(21)6-7-19-16(22)14-10-13(20-24-14)11-4-2-3-5-12(11)17/h2-5,14H,6-10H2,1H3,(H,18,21)(H,19,22). The summed E-state index contributed by atoms with van der Waals surface area (Å²) in [6.07, 6.45) is -0.466. The third-order valence-electron chi connectivity index (χ3n) is 3.43. The molecule has 1 aliphatic heterocycles. The molecular formula is C16H20FN3O4. The van der Waals surface area contributed by atoms with Crippen LogP contribution in [0.15, 0.2) is 29.4 Å². The number of benzene rings is 1. The Kier molecular flexibility index (Phi) is 6.68. The van der Waals surface area contributed by atoms with E-state index >= 15 is 0 Å². The van der Waals surface area contributed by atoms with Crippen LogP contribution in [-0.4, -0.2) is 50.4 Å². The van der Waals surface area contributed by atoms with E-state index in [2.05, 4.69) is 15.8 Å². The third kappa shape index (κ3) is 5.02. The van der Waals surface area contributed by atoms with Crippen molar-refractivity contribution in [2.75, 3.05) is 26.8 Å². The fourth-order valence-corrected chi connectivity index (χ4v) is 2.17. The van der Waals surface area contributed by atoms with Gasteiger partial charge in [0.1, 0.15) is 5.82 Å². The van der Waals surface area contributed by atoms with Gasteiger partial charge in [0.05, 0.1) is 12.3 Å². The Morgan fingerprint density at radius 1 is 1.33 bits per heavy atom. The third-order valence-corrected chi connectivity index (χ3v) is 3.43. The fraction of sp³-hybridized carbons (Fsp3) is 0.438. The Morgan fingerprint density at radius 2 is 2.12 bits per heavy atom. The van der Waals surface area contributed by atoms with Crippen LogP contribution in [-0.2, 0) is 19.2 Å². The number of amides is 2. The van der Waals surface area contributed by atoms with E-state index in [-0.39, 0.29) is 31.2 Å². The molecule has 2 rings (SSSR count). The molecule has 7 nitrogen and oxygen atoms in total. The van der Waals surface area contributed by atoms with Crippen LogP contribution in [0.25, 0.3) is 0 Å². The number of nitrogens with one attached hydrogen (secondary N) is 2. The molecular weight excluding hydrogens is 317 g/mol. The number of ether oxygens (including phenoxy) is 1. The fourth-order valence-electron chi connectivity index (χ4n) is 2.17. The zero-order valence-corrected chi connectivity index (χ0v) is 13.4. The van der Waals surface area contributed by atoms with Crippen molar-refractivity contribution < 1.29 is 23.6 Å². The highest BCUT2D eigenvalue weighted by Crippen LogP contribution is 2.18. The highest BCUT2D eigenvalue weighted by Gasteiger charge is 2.29. The Morgan fingerprint density at radius 3 is 2.88 bits per heavy atom. The maximum absolute atomic E-state index is 13.7. The molecule has 0 saturated heterocycles. The van der Waals surface area contributed by atoms with Crippen LogP contribution in [0.3, 0.4) is 0 Å². The van der Waals surface area contributed by atoms with Gasteiger partial charge >= 0.3 is 0 Å². The highest BCUT2D eigenvalue weighted by atomic mass is 19.1. The lowest BCUT2D eigenvalue weighted by molar-refractivity contribution is -0.131. The minimum absolute atomic E-state index is 0.156.